The number of rotatable bonds is 4. The van der Waals surface area contributed by atoms with E-state index in [9.17, 15) is 0 Å². The van der Waals surface area contributed by atoms with E-state index < -0.39 is 4.33 Å². The Kier molecular flexibility index (Phi) is 3.20. The van der Waals surface area contributed by atoms with Crippen molar-refractivity contribution in [2.24, 2.45) is 5.92 Å². The zero-order chi connectivity index (χ0) is 11.1. The maximum Gasteiger partial charge on any atom is 0.276 e. The maximum atomic E-state index is 5.91. The van der Waals surface area contributed by atoms with E-state index >= 15 is 0 Å². The highest BCUT2D eigenvalue weighted by molar-refractivity contribution is 7.99. The van der Waals surface area contributed by atoms with Crippen LogP contribution in [0.5, 0.6) is 0 Å². The first-order chi connectivity index (χ1) is 6.99. The fourth-order valence-electron chi connectivity index (χ4n) is 1.13. The maximum absolute atomic E-state index is 5.91. The van der Waals surface area contributed by atoms with E-state index in [1.54, 1.807) is 0 Å². The van der Waals surface area contributed by atoms with Crippen LogP contribution in [0.15, 0.2) is 9.64 Å². The van der Waals surface area contributed by atoms with Gasteiger partial charge in [0.15, 0.2) is 0 Å². The minimum absolute atomic E-state index is 0.271. The molecule has 0 bridgehead atoms. The molecule has 0 N–H and O–H groups in total. The van der Waals surface area contributed by atoms with Crippen LogP contribution in [0.1, 0.15) is 32.1 Å². The third-order valence-corrected chi connectivity index (χ3v) is 4.19. The molecule has 84 valence electrons. The summed E-state index contributed by atoms with van der Waals surface area (Å²) in [6, 6.07) is 0. The Morgan fingerprint density at radius 2 is 2.20 bits per heavy atom. The fourth-order valence-corrected chi connectivity index (χ4v) is 2.83. The van der Waals surface area contributed by atoms with Crippen molar-refractivity contribution in [3.05, 3.63) is 5.89 Å². The molecule has 0 amide bonds. The summed E-state index contributed by atoms with van der Waals surface area (Å²) in [7, 11) is 0. The summed E-state index contributed by atoms with van der Waals surface area (Å²) in [4.78, 5) is 0. The van der Waals surface area contributed by atoms with Gasteiger partial charge in [-0.25, -0.2) is 0 Å². The lowest BCUT2D eigenvalue weighted by molar-refractivity contribution is 0.398. The molecule has 3 nitrogen and oxygen atoms in total. The molecule has 1 saturated carbocycles. The van der Waals surface area contributed by atoms with Gasteiger partial charge in [0, 0.05) is 17.6 Å². The van der Waals surface area contributed by atoms with E-state index in [0.717, 1.165) is 12.2 Å². The van der Waals surface area contributed by atoms with Crippen molar-refractivity contribution < 1.29 is 4.42 Å². The molecule has 1 aliphatic rings. The Morgan fingerprint density at radius 3 is 2.67 bits per heavy atom. The molecule has 15 heavy (non-hydrogen) atoms. The van der Waals surface area contributed by atoms with Crippen molar-refractivity contribution in [1.82, 2.24) is 10.2 Å². The minimum atomic E-state index is -0.520. The number of aromatic nitrogens is 2. The molecule has 1 aromatic rings. The van der Waals surface area contributed by atoms with Crippen LogP contribution in [0, 0.1) is 5.92 Å². The SMILES string of the molecule is CC(C)c1nnc(SCC2CC2(Cl)Cl)o1. The Hall–Kier alpha value is 0.0700. The molecule has 1 unspecified atom stereocenters. The number of thioether (sulfide) groups is 1. The molecule has 2 rings (SSSR count). The van der Waals surface area contributed by atoms with Crippen LogP contribution in [-0.2, 0) is 0 Å². The summed E-state index contributed by atoms with van der Waals surface area (Å²) >= 11 is 13.4. The summed E-state index contributed by atoms with van der Waals surface area (Å²) in [6.07, 6.45) is 0.855. The van der Waals surface area contributed by atoms with Gasteiger partial charge in [-0.15, -0.1) is 33.4 Å². The molecular weight excluding hydrogens is 255 g/mol. The van der Waals surface area contributed by atoms with Crippen molar-refractivity contribution in [3.8, 4) is 0 Å². The van der Waals surface area contributed by atoms with Crippen LogP contribution in [0.4, 0.5) is 0 Å². The third kappa shape index (κ3) is 2.80. The quantitative estimate of drug-likeness (QED) is 0.618. The predicted octanol–water partition coefficient (Wildman–Crippen LogP) is 3.48. The van der Waals surface area contributed by atoms with Crippen LogP contribution >= 0.6 is 35.0 Å². The molecule has 1 fully saturated rings. The summed E-state index contributed by atoms with van der Waals surface area (Å²) in [6.45, 7) is 4.04. The van der Waals surface area contributed by atoms with Gasteiger partial charge in [0.05, 0.1) is 0 Å². The first-order valence-electron chi connectivity index (χ1n) is 4.83. The van der Waals surface area contributed by atoms with Gasteiger partial charge in [-0.3, -0.25) is 0 Å². The summed E-state index contributed by atoms with van der Waals surface area (Å²) in [5.74, 6) is 2.14. The van der Waals surface area contributed by atoms with Gasteiger partial charge in [-0.2, -0.15) is 0 Å². The molecule has 0 aliphatic heterocycles. The molecule has 0 spiro atoms. The molecule has 0 aromatic carbocycles. The van der Waals surface area contributed by atoms with E-state index in [-0.39, 0.29) is 5.92 Å². The van der Waals surface area contributed by atoms with Crippen molar-refractivity contribution in [2.45, 2.75) is 35.7 Å². The minimum Gasteiger partial charge on any atom is -0.416 e. The molecule has 0 saturated heterocycles. The fraction of sp³-hybridized carbons (Fsp3) is 0.778. The van der Waals surface area contributed by atoms with Crippen LogP contribution in [-0.4, -0.2) is 20.3 Å². The van der Waals surface area contributed by atoms with E-state index in [4.69, 9.17) is 27.6 Å². The molecule has 1 aromatic heterocycles. The van der Waals surface area contributed by atoms with Gasteiger partial charge >= 0.3 is 0 Å². The number of alkyl halides is 2. The molecule has 1 atom stereocenters. The zero-order valence-corrected chi connectivity index (χ0v) is 10.9. The monoisotopic (exact) mass is 266 g/mol. The van der Waals surface area contributed by atoms with Crippen LogP contribution in [0.25, 0.3) is 0 Å². The van der Waals surface area contributed by atoms with Crippen molar-refractivity contribution in [3.63, 3.8) is 0 Å². The average Bonchev–Trinajstić information content (AvgIpc) is 2.63. The number of hydrogen-bond acceptors (Lipinski definition) is 4. The smallest absolute Gasteiger partial charge is 0.276 e. The van der Waals surface area contributed by atoms with Crippen LogP contribution < -0.4 is 0 Å². The first kappa shape index (κ1) is 11.6. The topological polar surface area (TPSA) is 38.9 Å². The van der Waals surface area contributed by atoms with Gasteiger partial charge in [-0.1, -0.05) is 25.6 Å². The third-order valence-electron chi connectivity index (χ3n) is 2.28. The van der Waals surface area contributed by atoms with E-state index in [0.29, 0.717) is 17.0 Å². The summed E-state index contributed by atoms with van der Waals surface area (Å²) < 4.78 is 4.93. The molecule has 1 aliphatic carbocycles. The Bertz CT molecular complexity index is 354. The predicted molar refractivity (Wildman–Crippen MR) is 61.7 cm³/mol. The molecule has 1 heterocycles. The Labute approximate surface area is 103 Å². The largest absolute Gasteiger partial charge is 0.416 e. The van der Waals surface area contributed by atoms with Crippen LogP contribution in [0.3, 0.4) is 0 Å². The number of nitrogens with zero attached hydrogens (tertiary/aromatic N) is 2. The summed E-state index contributed by atoms with van der Waals surface area (Å²) in [5, 5.41) is 8.50. The van der Waals surface area contributed by atoms with Gasteiger partial charge in [0.1, 0.15) is 4.33 Å². The number of halogens is 2. The molecule has 0 radical (unpaired) electrons. The van der Waals surface area contributed by atoms with Crippen molar-refractivity contribution in [2.75, 3.05) is 5.75 Å². The van der Waals surface area contributed by atoms with Crippen molar-refractivity contribution in [1.29, 1.82) is 0 Å². The second-order valence-electron chi connectivity index (χ2n) is 4.03. The van der Waals surface area contributed by atoms with Gasteiger partial charge in [0.25, 0.3) is 5.22 Å². The molecular formula is C9H12Cl2N2OS. The van der Waals surface area contributed by atoms with E-state index in [2.05, 4.69) is 10.2 Å². The second kappa shape index (κ2) is 4.15. The second-order valence-corrected chi connectivity index (χ2v) is 6.55. The standard InChI is InChI=1S/C9H12Cl2N2OS/c1-5(2)7-12-13-8(14-7)15-4-6-3-9(6,10)11/h5-6H,3-4H2,1-2H3. The van der Waals surface area contributed by atoms with Crippen molar-refractivity contribution >= 4 is 35.0 Å². The zero-order valence-electron chi connectivity index (χ0n) is 8.54. The van der Waals surface area contributed by atoms with Crippen LogP contribution in [0.2, 0.25) is 0 Å². The van der Waals surface area contributed by atoms with Gasteiger partial charge in [-0.05, 0) is 6.42 Å². The highest BCUT2D eigenvalue weighted by Crippen LogP contribution is 2.54. The lowest BCUT2D eigenvalue weighted by Gasteiger charge is -1.97. The average molecular weight is 267 g/mol. The van der Waals surface area contributed by atoms with E-state index in [1.165, 1.54) is 11.8 Å². The van der Waals surface area contributed by atoms with Gasteiger partial charge in [0.2, 0.25) is 5.89 Å². The summed E-state index contributed by atoms with van der Waals surface area (Å²) in [5.41, 5.74) is 0. The normalized spacial score (nSPS) is 23.4. The lowest BCUT2D eigenvalue weighted by atomic mass is 10.2. The van der Waals surface area contributed by atoms with E-state index in [1.807, 2.05) is 13.8 Å². The first-order valence-corrected chi connectivity index (χ1v) is 6.57. The lowest BCUT2D eigenvalue weighted by Crippen LogP contribution is -1.92. The Morgan fingerprint density at radius 1 is 1.53 bits per heavy atom. The molecule has 6 heteroatoms. The Balaban J connectivity index is 1.84. The number of hydrogen-bond donors (Lipinski definition) is 0. The highest BCUT2D eigenvalue weighted by atomic mass is 35.5. The highest BCUT2D eigenvalue weighted by Gasteiger charge is 2.51. The van der Waals surface area contributed by atoms with Gasteiger partial charge < -0.3 is 4.42 Å².